The molecule has 0 heterocycles. The molecule has 1 aliphatic rings. The van der Waals surface area contributed by atoms with Crippen molar-refractivity contribution in [3.8, 4) is 5.75 Å². The van der Waals surface area contributed by atoms with E-state index < -0.39 is 0 Å². The summed E-state index contributed by atoms with van der Waals surface area (Å²) in [5, 5.41) is 0. The molecule has 4 nitrogen and oxygen atoms in total. The lowest BCUT2D eigenvalue weighted by molar-refractivity contribution is -0.0999. The van der Waals surface area contributed by atoms with Crippen molar-refractivity contribution in [3.63, 3.8) is 0 Å². The van der Waals surface area contributed by atoms with Crippen LogP contribution in [0.3, 0.4) is 0 Å². The third-order valence-corrected chi connectivity index (χ3v) is 3.82. The van der Waals surface area contributed by atoms with Crippen LogP contribution in [0.5, 0.6) is 5.75 Å². The van der Waals surface area contributed by atoms with Gasteiger partial charge in [-0.2, -0.15) is 0 Å². The summed E-state index contributed by atoms with van der Waals surface area (Å²) >= 11 is 0. The molecule has 1 unspecified atom stereocenters. The molecule has 0 amide bonds. The summed E-state index contributed by atoms with van der Waals surface area (Å²) in [6.45, 7) is 2.66. The number of rotatable bonds is 6. The van der Waals surface area contributed by atoms with E-state index in [1.807, 2.05) is 19.1 Å². The van der Waals surface area contributed by atoms with Crippen LogP contribution < -0.4 is 16.0 Å². The summed E-state index contributed by atoms with van der Waals surface area (Å²) in [6, 6.07) is 8.09. The maximum absolute atomic E-state index is 5.71. The molecule has 0 spiro atoms. The lowest BCUT2D eigenvalue weighted by Crippen LogP contribution is -2.52. The number of hydrogen-bond acceptors (Lipinski definition) is 4. The zero-order valence-corrected chi connectivity index (χ0v) is 11.1. The first-order valence-electron chi connectivity index (χ1n) is 6.50. The molecule has 0 bridgehead atoms. The van der Waals surface area contributed by atoms with Crippen LogP contribution in [-0.4, -0.2) is 19.3 Å². The van der Waals surface area contributed by atoms with Gasteiger partial charge in [-0.15, -0.1) is 0 Å². The smallest absolute Gasteiger partial charge is 0.119 e. The van der Waals surface area contributed by atoms with Crippen LogP contribution in [0.15, 0.2) is 24.3 Å². The molecule has 1 aromatic carbocycles. The lowest BCUT2D eigenvalue weighted by atomic mass is 9.72. The van der Waals surface area contributed by atoms with Crippen LogP contribution in [0.1, 0.15) is 37.8 Å². The minimum absolute atomic E-state index is 0.0342. The fourth-order valence-electron chi connectivity index (χ4n) is 2.61. The van der Waals surface area contributed by atoms with Crippen molar-refractivity contribution >= 4 is 0 Å². The van der Waals surface area contributed by atoms with Gasteiger partial charge in [-0.05, 0) is 43.9 Å². The summed E-state index contributed by atoms with van der Waals surface area (Å²) in [7, 11) is 1.76. The normalized spacial score (nSPS) is 19.1. The van der Waals surface area contributed by atoms with Gasteiger partial charge in [0.2, 0.25) is 0 Å². The van der Waals surface area contributed by atoms with Crippen molar-refractivity contribution < 1.29 is 9.47 Å². The highest BCUT2D eigenvalue weighted by molar-refractivity contribution is 5.31. The maximum Gasteiger partial charge on any atom is 0.119 e. The zero-order chi connectivity index (χ0) is 13.0. The van der Waals surface area contributed by atoms with E-state index in [1.54, 1.807) is 7.11 Å². The molecule has 3 N–H and O–H groups in total. The van der Waals surface area contributed by atoms with Crippen LogP contribution in [0.25, 0.3) is 0 Å². The van der Waals surface area contributed by atoms with Gasteiger partial charge in [-0.25, -0.2) is 0 Å². The van der Waals surface area contributed by atoms with Gasteiger partial charge in [-0.3, -0.25) is 11.3 Å². The molecular weight excluding hydrogens is 228 g/mol. The molecule has 4 heteroatoms. The summed E-state index contributed by atoms with van der Waals surface area (Å²) < 4.78 is 11.1. The predicted octanol–water partition coefficient (Wildman–Crippen LogP) is 2.16. The van der Waals surface area contributed by atoms with Gasteiger partial charge in [0.25, 0.3) is 0 Å². The quantitative estimate of drug-likeness (QED) is 0.600. The van der Waals surface area contributed by atoms with Crippen LogP contribution in [-0.2, 0) is 4.74 Å². The molecule has 1 saturated carbocycles. The predicted molar refractivity (Wildman–Crippen MR) is 71.3 cm³/mol. The molecule has 0 aliphatic heterocycles. The molecule has 1 aromatic rings. The minimum Gasteiger partial charge on any atom is -0.494 e. The van der Waals surface area contributed by atoms with Crippen LogP contribution >= 0.6 is 0 Å². The average Bonchev–Trinajstić information content (AvgIpc) is 2.35. The Morgan fingerprint density at radius 2 is 2.00 bits per heavy atom. The zero-order valence-electron chi connectivity index (χ0n) is 11.1. The Labute approximate surface area is 108 Å². The molecule has 0 radical (unpaired) electrons. The maximum atomic E-state index is 5.71. The van der Waals surface area contributed by atoms with Gasteiger partial charge in [0.05, 0.1) is 18.2 Å². The standard InChI is InChI=1S/C14H22N2O2/c1-3-18-12-7-5-11(6-8-12)13(16-15)14(17-2)9-4-10-14/h5-8,13,16H,3-4,9-10,15H2,1-2H3. The Morgan fingerprint density at radius 3 is 2.39 bits per heavy atom. The van der Waals surface area contributed by atoms with Crippen molar-refractivity contribution in [3.05, 3.63) is 29.8 Å². The number of benzene rings is 1. The Bertz CT molecular complexity index is 368. The number of ether oxygens (including phenoxy) is 2. The first-order valence-corrected chi connectivity index (χ1v) is 6.50. The van der Waals surface area contributed by atoms with E-state index in [4.69, 9.17) is 15.3 Å². The van der Waals surface area contributed by atoms with Gasteiger partial charge >= 0.3 is 0 Å². The topological polar surface area (TPSA) is 56.5 Å². The van der Waals surface area contributed by atoms with Crippen molar-refractivity contribution in [1.82, 2.24) is 5.43 Å². The third-order valence-electron chi connectivity index (χ3n) is 3.82. The van der Waals surface area contributed by atoms with Gasteiger partial charge in [-0.1, -0.05) is 12.1 Å². The Kier molecular flexibility index (Phi) is 4.22. The number of methoxy groups -OCH3 is 1. The van der Waals surface area contributed by atoms with Crippen molar-refractivity contribution in [1.29, 1.82) is 0 Å². The lowest BCUT2D eigenvalue weighted by Gasteiger charge is -2.46. The Hall–Kier alpha value is -1.10. The molecular formula is C14H22N2O2. The molecule has 18 heavy (non-hydrogen) atoms. The summed E-state index contributed by atoms with van der Waals surface area (Å²) in [6.07, 6.45) is 3.29. The van der Waals surface area contributed by atoms with Crippen molar-refractivity contribution in [2.75, 3.05) is 13.7 Å². The highest BCUT2D eigenvalue weighted by Gasteiger charge is 2.44. The van der Waals surface area contributed by atoms with E-state index in [9.17, 15) is 0 Å². The number of hydrogen-bond donors (Lipinski definition) is 2. The fraction of sp³-hybridized carbons (Fsp3) is 0.571. The highest BCUT2D eigenvalue weighted by atomic mass is 16.5. The monoisotopic (exact) mass is 250 g/mol. The van der Waals surface area contributed by atoms with Crippen LogP contribution in [0.2, 0.25) is 0 Å². The van der Waals surface area contributed by atoms with E-state index in [0.717, 1.165) is 24.2 Å². The fourth-order valence-corrected chi connectivity index (χ4v) is 2.61. The molecule has 2 rings (SSSR count). The second kappa shape index (κ2) is 5.69. The van der Waals surface area contributed by atoms with Crippen molar-refractivity contribution in [2.45, 2.75) is 37.8 Å². The summed E-state index contributed by atoms with van der Waals surface area (Å²) in [5.74, 6) is 6.60. The number of nitrogens with one attached hydrogen (secondary N) is 1. The van der Waals surface area contributed by atoms with Gasteiger partial charge in [0.15, 0.2) is 0 Å². The van der Waals surface area contributed by atoms with E-state index >= 15 is 0 Å². The van der Waals surface area contributed by atoms with Gasteiger partial charge in [0.1, 0.15) is 5.75 Å². The van der Waals surface area contributed by atoms with E-state index in [-0.39, 0.29) is 11.6 Å². The van der Waals surface area contributed by atoms with Crippen LogP contribution in [0.4, 0.5) is 0 Å². The number of nitrogens with two attached hydrogens (primary N) is 1. The highest BCUT2D eigenvalue weighted by Crippen LogP contribution is 2.44. The van der Waals surface area contributed by atoms with Crippen LogP contribution in [0, 0.1) is 0 Å². The average molecular weight is 250 g/mol. The summed E-state index contributed by atoms with van der Waals surface area (Å²) in [4.78, 5) is 0. The Balaban J connectivity index is 2.17. The molecule has 1 atom stereocenters. The largest absolute Gasteiger partial charge is 0.494 e. The molecule has 1 aliphatic carbocycles. The molecule has 0 saturated heterocycles. The second-order valence-electron chi connectivity index (χ2n) is 4.72. The minimum atomic E-state index is -0.151. The SMILES string of the molecule is CCOc1ccc(C(NN)C2(OC)CCC2)cc1. The first kappa shape index (κ1) is 13.3. The van der Waals surface area contributed by atoms with E-state index in [1.165, 1.54) is 6.42 Å². The van der Waals surface area contributed by atoms with Gasteiger partial charge in [0, 0.05) is 7.11 Å². The molecule has 1 fully saturated rings. The molecule has 0 aromatic heterocycles. The number of hydrazine groups is 1. The first-order chi connectivity index (χ1) is 8.75. The summed E-state index contributed by atoms with van der Waals surface area (Å²) in [5.41, 5.74) is 3.89. The molecule has 100 valence electrons. The second-order valence-corrected chi connectivity index (χ2v) is 4.72. The van der Waals surface area contributed by atoms with Gasteiger partial charge < -0.3 is 9.47 Å². The van der Waals surface area contributed by atoms with Crippen molar-refractivity contribution in [2.24, 2.45) is 5.84 Å². The van der Waals surface area contributed by atoms with E-state index in [2.05, 4.69) is 17.6 Å². The Morgan fingerprint density at radius 1 is 1.33 bits per heavy atom. The third kappa shape index (κ3) is 2.36. The van der Waals surface area contributed by atoms with E-state index in [0.29, 0.717) is 6.61 Å².